The molecule has 1 aliphatic rings. The van der Waals surface area contributed by atoms with Gasteiger partial charge in [0.25, 0.3) is 0 Å². The number of carbonyl (C=O) groups excluding carboxylic acids is 2. The first kappa shape index (κ1) is 19.4. The van der Waals surface area contributed by atoms with Crippen LogP contribution in [0.25, 0.3) is 0 Å². The van der Waals surface area contributed by atoms with E-state index in [1.165, 1.54) is 25.0 Å². The highest BCUT2D eigenvalue weighted by Crippen LogP contribution is 2.17. The second-order valence-electron chi connectivity index (χ2n) is 6.36. The van der Waals surface area contributed by atoms with Gasteiger partial charge in [0.15, 0.2) is 0 Å². The van der Waals surface area contributed by atoms with Crippen LogP contribution in [0.3, 0.4) is 0 Å². The molecule has 25 heavy (non-hydrogen) atoms. The Morgan fingerprint density at radius 3 is 2.16 bits per heavy atom. The number of rotatable bonds is 5. The van der Waals surface area contributed by atoms with Gasteiger partial charge >= 0.3 is 11.8 Å². The van der Waals surface area contributed by atoms with Crippen LogP contribution in [0, 0.1) is 0 Å². The van der Waals surface area contributed by atoms with Crippen LogP contribution in [0.5, 0.6) is 0 Å². The summed E-state index contributed by atoms with van der Waals surface area (Å²) in [5.74, 6) is -1.22. The molecule has 2 rings (SSSR count). The van der Waals surface area contributed by atoms with E-state index in [-0.39, 0.29) is 10.9 Å². The van der Waals surface area contributed by atoms with E-state index >= 15 is 0 Å². The highest BCUT2D eigenvalue weighted by Gasteiger charge is 2.19. The van der Waals surface area contributed by atoms with Crippen LogP contribution < -0.4 is 15.8 Å². The molecule has 138 valence electrons. The zero-order valence-corrected chi connectivity index (χ0v) is 15.0. The Balaban J connectivity index is 1.74. The Kier molecular flexibility index (Phi) is 6.95. The summed E-state index contributed by atoms with van der Waals surface area (Å²) in [4.78, 5) is 23.8. The first-order valence-electron chi connectivity index (χ1n) is 8.57. The Morgan fingerprint density at radius 2 is 1.60 bits per heavy atom. The standard InChI is InChI=1S/C17H25N3O4S/c18-25(23,24)15-9-7-13(8-10-15)11-12-19-16(21)17(22)20-14-5-3-1-2-4-6-14/h7-10,14H,1-6,11-12H2,(H,19,21)(H,20,22)(H2,18,23,24). The van der Waals surface area contributed by atoms with E-state index < -0.39 is 21.8 Å². The molecule has 7 nitrogen and oxygen atoms in total. The first-order chi connectivity index (χ1) is 11.9. The molecular weight excluding hydrogens is 342 g/mol. The fourth-order valence-corrected chi connectivity index (χ4v) is 3.44. The third kappa shape index (κ3) is 6.47. The van der Waals surface area contributed by atoms with Gasteiger partial charge in [-0.1, -0.05) is 37.8 Å². The third-order valence-corrected chi connectivity index (χ3v) is 5.28. The van der Waals surface area contributed by atoms with Crippen molar-refractivity contribution in [3.8, 4) is 0 Å². The van der Waals surface area contributed by atoms with Crippen molar-refractivity contribution in [3.05, 3.63) is 29.8 Å². The minimum atomic E-state index is -3.70. The van der Waals surface area contributed by atoms with Crippen LogP contribution in [-0.4, -0.2) is 32.8 Å². The van der Waals surface area contributed by atoms with E-state index in [0.29, 0.717) is 13.0 Å². The summed E-state index contributed by atoms with van der Waals surface area (Å²) in [6.07, 6.45) is 6.88. The van der Waals surface area contributed by atoms with Gasteiger partial charge in [-0.15, -0.1) is 0 Å². The predicted molar refractivity (Wildman–Crippen MR) is 94.2 cm³/mol. The van der Waals surface area contributed by atoms with Crippen LogP contribution in [0.15, 0.2) is 29.2 Å². The maximum absolute atomic E-state index is 11.9. The molecule has 0 aromatic heterocycles. The fourth-order valence-electron chi connectivity index (χ4n) is 2.92. The van der Waals surface area contributed by atoms with E-state index in [1.807, 2.05) is 0 Å². The molecule has 1 fully saturated rings. The third-order valence-electron chi connectivity index (χ3n) is 4.35. The van der Waals surface area contributed by atoms with Crippen molar-refractivity contribution >= 4 is 21.8 Å². The lowest BCUT2D eigenvalue weighted by Crippen LogP contribution is -2.44. The van der Waals surface area contributed by atoms with Gasteiger partial charge in [0, 0.05) is 12.6 Å². The Bertz CT molecular complexity index is 693. The second-order valence-corrected chi connectivity index (χ2v) is 7.92. The number of hydrogen-bond donors (Lipinski definition) is 3. The SMILES string of the molecule is NS(=O)(=O)c1ccc(CCNC(=O)C(=O)NC2CCCCCC2)cc1. The lowest BCUT2D eigenvalue weighted by Gasteiger charge is -2.15. The summed E-state index contributed by atoms with van der Waals surface area (Å²) in [6.45, 7) is 0.297. The molecule has 0 radical (unpaired) electrons. The molecule has 1 aliphatic carbocycles. The topological polar surface area (TPSA) is 118 Å². The Hall–Kier alpha value is -1.93. The molecule has 1 aromatic rings. The first-order valence-corrected chi connectivity index (χ1v) is 10.1. The van der Waals surface area contributed by atoms with E-state index in [2.05, 4.69) is 10.6 Å². The average Bonchev–Trinajstić information content (AvgIpc) is 2.83. The van der Waals surface area contributed by atoms with Crippen molar-refractivity contribution in [3.63, 3.8) is 0 Å². The van der Waals surface area contributed by atoms with E-state index in [9.17, 15) is 18.0 Å². The van der Waals surface area contributed by atoms with Gasteiger partial charge in [-0.3, -0.25) is 9.59 Å². The van der Waals surface area contributed by atoms with Crippen LogP contribution in [0.4, 0.5) is 0 Å². The van der Waals surface area contributed by atoms with Gasteiger partial charge in [-0.25, -0.2) is 13.6 Å². The molecule has 0 saturated heterocycles. The molecular formula is C17H25N3O4S. The molecule has 0 heterocycles. The normalized spacial score (nSPS) is 16.0. The lowest BCUT2D eigenvalue weighted by atomic mass is 10.1. The number of amides is 2. The molecule has 4 N–H and O–H groups in total. The zero-order chi connectivity index (χ0) is 18.3. The highest BCUT2D eigenvalue weighted by atomic mass is 32.2. The monoisotopic (exact) mass is 367 g/mol. The number of benzene rings is 1. The predicted octanol–water partition coefficient (Wildman–Crippen LogP) is 0.832. The van der Waals surface area contributed by atoms with E-state index in [1.54, 1.807) is 12.1 Å². The van der Waals surface area contributed by atoms with Crippen LogP contribution in [0.2, 0.25) is 0 Å². The summed E-state index contributed by atoms with van der Waals surface area (Å²) in [5, 5.41) is 10.4. The van der Waals surface area contributed by atoms with Gasteiger partial charge in [-0.2, -0.15) is 0 Å². The highest BCUT2D eigenvalue weighted by molar-refractivity contribution is 7.89. The quantitative estimate of drug-likeness (QED) is 0.527. The number of sulfonamides is 1. The average molecular weight is 367 g/mol. The van der Waals surface area contributed by atoms with Gasteiger partial charge in [0.2, 0.25) is 10.0 Å². The molecule has 0 bridgehead atoms. The maximum atomic E-state index is 11.9. The molecule has 0 atom stereocenters. The summed E-state index contributed by atoms with van der Waals surface area (Å²) < 4.78 is 22.4. The maximum Gasteiger partial charge on any atom is 0.309 e. The lowest BCUT2D eigenvalue weighted by molar-refractivity contribution is -0.139. The molecule has 8 heteroatoms. The van der Waals surface area contributed by atoms with Crippen molar-refractivity contribution in [1.29, 1.82) is 0 Å². The zero-order valence-electron chi connectivity index (χ0n) is 14.2. The Morgan fingerprint density at radius 1 is 1.00 bits per heavy atom. The summed E-state index contributed by atoms with van der Waals surface area (Å²) in [5.41, 5.74) is 0.844. The van der Waals surface area contributed by atoms with E-state index in [4.69, 9.17) is 5.14 Å². The molecule has 1 aromatic carbocycles. The molecule has 0 aliphatic heterocycles. The van der Waals surface area contributed by atoms with Crippen LogP contribution >= 0.6 is 0 Å². The smallest absolute Gasteiger partial charge is 0.309 e. The van der Waals surface area contributed by atoms with Crippen LogP contribution in [0.1, 0.15) is 44.1 Å². The fraction of sp³-hybridized carbons (Fsp3) is 0.529. The van der Waals surface area contributed by atoms with Gasteiger partial charge in [0.1, 0.15) is 0 Å². The van der Waals surface area contributed by atoms with Gasteiger partial charge in [0.05, 0.1) is 4.90 Å². The number of nitrogens with one attached hydrogen (secondary N) is 2. The van der Waals surface area contributed by atoms with Crippen molar-refractivity contribution < 1.29 is 18.0 Å². The summed E-state index contributed by atoms with van der Waals surface area (Å²) in [7, 11) is -3.70. The van der Waals surface area contributed by atoms with Gasteiger partial charge < -0.3 is 10.6 Å². The molecule has 0 unspecified atom stereocenters. The number of hydrogen-bond acceptors (Lipinski definition) is 4. The van der Waals surface area contributed by atoms with Crippen LogP contribution in [-0.2, 0) is 26.0 Å². The minimum absolute atomic E-state index is 0.0445. The van der Waals surface area contributed by atoms with Crippen molar-refractivity contribution in [1.82, 2.24) is 10.6 Å². The molecule has 0 spiro atoms. The largest absolute Gasteiger partial charge is 0.348 e. The molecule has 1 saturated carbocycles. The van der Waals surface area contributed by atoms with Crippen molar-refractivity contribution in [2.24, 2.45) is 5.14 Å². The molecule has 2 amide bonds. The summed E-state index contributed by atoms with van der Waals surface area (Å²) >= 11 is 0. The number of primary sulfonamides is 1. The number of carbonyl (C=O) groups is 2. The number of nitrogens with two attached hydrogens (primary N) is 1. The van der Waals surface area contributed by atoms with E-state index in [0.717, 1.165) is 31.2 Å². The minimum Gasteiger partial charge on any atom is -0.348 e. The van der Waals surface area contributed by atoms with Crippen molar-refractivity contribution in [2.45, 2.75) is 55.9 Å². The van der Waals surface area contributed by atoms with Gasteiger partial charge in [-0.05, 0) is 37.0 Å². The second kappa shape index (κ2) is 8.96. The van der Waals surface area contributed by atoms with Crippen molar-refractivity contribution in [2.75, 3.05) is 6.54 Å². The summed E-state index contributed by atoms with van der Waals surface area (Å²) in [6, 6.07) is 6.21. The Labute approximate surface area is 148 Å².